The van der Waals surface area contributed by atoms with E-state index in [0.717, 1.165) is 24.0 Å². The van der Waals surface area contributed by atoms with E-state index in [1.165, 1.54) is 11.3 Å². The molecule has 19 heavy (non-hydrogen) atoms. The van der Waals surface area contributed by atoms with Crippen molar-refractivity contribution in [1.82, 2.24) is 4.90 Å². The molecule has 2 rings (SSSR count). The second-order valence-corrected chi connectivity index (χ2v) is 6.39. The molecule has 0 spiro atoms. The second-order valence-electron chi connectivity index (χ2n) is 5.54. The molecule has 0 bridgehead atoms. The molecule has 2 atom stereocenters. The average Bonchev–Trinajstić information content (AvgIpc) is 2.53. The van der Waals surface area contributed by atoms with E-state index in [0.29, 0.717) is 6.04 Å². The van der Waals surface area contributed by atoms with Crippen LogP contribution in [0.3, 0.4) is 0 Å². The van der Waals surface area contributed by atoms with Gasteiger partial charge in [-0.1, -0.05) is 22.0 Å². The highest BCUT2D eigenvalue weighted by molar-refractivity contribution is 9.10. The smallest absolute Gasteiger partial charge is 0.0604 e. The molecule has 1 N–H and O–H groups in total. The fourth-order valence-corrected chi connectivity index (χ4v) is 2.96. The number of benzene rings is 1. The molecule has 1 aliphatic heterocycles. The number of halogens is 1. The van der Waals surface area contributed by atoms with Crippen LogP contribution in [0.25, 0.3) is 0 Å². The van der Waals surface area contributed by atoms with Crippen LogP contribution in [0.2, 0.25) is 0 Å². The minimum atomic E-state index is 0.213. The molecule has 4 heteroatoms. The lowest BCUT2D eigenvalue weighted by Crippen LogP contribution is -2.43. The Morgan fingerprint density at radius 1 is 1.42 bits per heavy atom. The van der Waals surface area contributed by atoms with E-state index in [1.807, 2.05) is 0 Å². The number of aliphatic hydroxyl groups excluding tert-OH is 1. The summed E-state index contributed by atoms with van der Waals surface area (Å²) in [5.74, 6) is 0. The number of hydrogen-bond donors (Lipinski definition) is 1. The predicted molar refractivity (Wildman–Crippen MR) is 83.8 cm³/mol. The van der Waals surface area contributed by atoms with Crippen LogP contribution in [-0.2, 0) is 0 Å². The van der Waals surface area contributed by atoms with Crippen LogP contribution < -0.4 is 4.90 Å². The largest absolute Gasteiger partial charge is 0.395 e. The molecule has 0 saturated carbocycles. The minimum absolute atomic E-state index is 0.213. The number of hydrogen-bond acceptors (Lipinski definition) is 3. The third-order valence-corrected chi connectivity index (χ3v) is 5.01. The standard InChI is InChI=1S/C15H23BrN2O/c1-11-4-5-13(8-15(11)16)18-9-14(10-19)17(3)7-6-12(18)2/h4-5,8,12,14,19H,6-7,9-10H2,1-3H3. The number of anilines is 1. The van der Waals surface area contributed by atoms with E-state index < -0.39 is 0 Å². The first-order valence-corrected chi connectivity index (χ1v) is 7.66. The van der Waals surface area contributed by atoms with Gasteiger partial charge in [-0.2, -0.15) is 0 Å². The van der Waals surface area contributed by atoms with Gasteiger partial charge < -0.3 is 10.0 Å². The first-order valence-electron chi connectivity index (χ1n) is 6.87. The van der Waals surface area contributed by atoms with E-state index in [-0.39, 0.29) is 12.6 Å². The topological polar surface area (TPSA) is 26.7 Å². The highest BCUT2D eigenvalue weighted by atomic mass is 79.9. The van der Waals surface area contributed by atoms with Crippen molar-refractivity contribution in [3.8, 4) is 0 Å². The van der Waals surface area contributed by atoms with Crippen LogP contribution in [0.15, 0.2) is 22.7 Å². The van der Waals surface area contributed by atoms with Crippen molar-refractivity contribution in [2.24, 2.45) is 0 Å². The number of rotatable bonds is 2. The number of aryl methyl sites for hydroxylation is 1. The Hall–Kier alpha value is -0.580. The summed E-state index contributed by atoms with van der Waals surface area (Å²) in [6.45, 7) is 6.50. The van der Waals surface area contributed by atoms with Crippen LogP contribution in [0.4, 0.5) is 5.69 Å². The zero-order valence-electron chi connectivity index (χ0n) is 11.9. The normalized spacial score (nSPS) is 25.4. The molecular weight excluding hydrogens is 304 g/mol. The number of likely N-dealkylation sites (N-methyl/N-ethyl adjacent to an activating group) is 1. The van der Waals surface area contributed by atoms with Gasteiger partial charge in [0.15, 0.2) is 0 Å². The van der Waals surface area contributed by atoms with Gasteiger partial charge in [-0.05, 0) is 45.0 Å². The first-order chi connectivity index (χ1) is 9.02. The Morgan fingerprint density at radius 3 is 2.79 bits per heavy atom. The van der Waals surface area contributed by atoms with Crippen molar-refractivity contribution in [3.63, 3.8) is 0 Å². The summed E-state index contributed by atoms with van der Waals surface area (Å²) in [5.41, 5.74) is 2.49. The molecule has 2 unspecified atom stereocenters. The summed E-state index contributed by atoms with van der Waals surface area (Å²) in [6, 6.07) is 7.22. The van der Waals surface area contributed by atoms with Crippen molar-refractivity contribution < 1.29 is 5.11 Å². The quantitative estimate of drug-likeness (QED) is 0.905. The number of nitrogens with zero attached hydrogens (tertiary/aromatic N) is 2. The molecular formula is C15H23BrN2O. The van der Waals surface area contributed by atoms with Crippen molar-refractivity contribution >= 4 is 21.6 Å². The molecule has 1 aliphatic rings. The maximum atomic E-state index is 9.56. The Bertz CT molecular complexity index is 438. The predicted octanol–water partition coefficient (Wildman–Crippen LogP) is 2.65. The second kappa shape index (κ2) is 6.25. The zero-order chi connectivity index (χ0) is 14.0. The van der Waals surface area contributed by atoms with E-state index in [4.69, 9.17) is 0 Å². The Kier molecular flexibility index (Phi) is 4.87. The molecule has 1 aromatic rings. The van der Waals surface area contributed by atoms with Gasteiger partial charge in [0.1, 0.15) is 0 Å². The molecule has 1 aromatic carbocycles. The van der Waals surface area contributed by atoms with Crippen molar-refractivity contribution in [3.05, 3.63) is 28.2 Å². The Labute approximate surface area is 124 Å². The Morgan fingerprint density at radius 2 is 2.16 bits per heavy atom. The van der Waals surface area contributed by atoms with Crippen LogP contribution >= 0.6 is 15.9 Å². The van der Waals surface area contributed by atoms with Crippen molar-refractivity contribution in [2.45, 2.75) is 32.4 Å². The molecule has 106 valence electrons. The van der Waals surface area contributed by atoms with Crippen molar-refractivity contribution in [2.75, 3.05) is 31.6 Å². The molecule has 1 heterocycles. The van der Waals surface area contributed by atoms with Gasteiger partial charge in [0.2, 0.25) is 0 Å². The van der Waals surface area contributed by atoms with E-state index >= 15 is 0 Å². The summed E-state index contributed by atoms with van der Waals surface area (Å²) < 4.78 is 1.15. The summed E-state index contributed by atoms with van der Waals surface area (Å²) >= 11 is 3.61. The van der Waals surface area contributed by atoms with Gasteiger partial charge in [-0.25, -0.2) is 0 Å². The molecule has 1 fully saturated rings. The van der Waals surface area contributed by atoms with E-state index in [1.54, 1.807) is 0 Å². The summed E-state index contributed by atoms with van der Waals surface area (Å²) in [6.07, 6.45) is 1.12. The lowest BCUT2D eigenvalue weighted by molar-refractivity contribution is 0.159. The zero-order valence-corrected chi connectivity index (χ0v) is 13.5. The van der Waals surface area contributed by atoms with Gasteiger partial charge in [-0.3, -0.25) is 4.90 Å². The minimum Gasteiger partial charge on any atom is -0.395 e. The maximum Gasteiger partial charge on any atom is 0.0604 e. The van der Waals surface area contributed by atoms with Gasteiger partial charge in [0.25, 0.3) is 0 Å². The van der Waals surface area contributed by atoms with Crippen LogP contribution in [0, 0.1) is 6.92 Å². The fraction of sp³-hybridized carbons (Fsp3) is 0.600. The van der Waals surface area contributed by atoms with E-state index in [9.17, 15) is 5.11 Å². The van der Waals surface area contributed by atoms with E-state index in [2.05, 4.69) is 64.8 Å². The summed E-state index contributed by atoms with van der Waals surface area (Å²) in [7, 11) is 2.10. The van der Waals surface area contributed by atoms with Gasteiger partial charge in [0, 0.05) is 35.3 Å². The SMILES string of the molecule is Cc1ccc(N2CC(CO)N(C)CCC2C)cc1Br. The average molecular weight is 327 g/mol. The fourth-order valence-electron chi connectivity index (χ4n) is 2.59. The molecule has 0 amide bonds. The van der Waals surface area contributed by atoms with Crippen LogP contribution in [0.1, 0.15) is 18.9 Å². The number of aliphatic hydroxyl groups is 1. The summed E-state index contributed by atoms with van der Waals surface area (Å²) in [4.78, 5) is 4.67. The Balaban J connectivity index is 2.27. The van der Waals surface area contributed by atoms with Gasteiger partial charge >= 0.3 is 0 Å². The molecule has 0 radical (unpaired) electrons. The molecule has 0 aliphatic carbocycles. The van der Waals surface area contributed by atoms with Crippen LogP contribution in [0.5, 0.6) is 0 Å². The summed E-state index contributed by atoms with van der Waals surface area (Å²) in [5, 5.41) is 9.56. The van der Waals surface area contributed by atoms with Crippen molar-refractivity contribution in [1.29, 1.82) is 0 Å². The highest BCUT2D eigenvalue weighted by Gasteiger charge is 2.26. The first kappa shape index (κ1) is 14.8. The lowest BCUT2D eigenvalue weighted by atomic mass is 10.1. The molecule has 0 aromatic heterocycles. The molecule has 3 nitrogen and oxygen atoms in total. The lowest BCUT2D eigenvalue weighted by Gasteiger charge is -2.32. The van der Waals surface area contributed by atoms with Gasteiger partial charge in [-0.15, -0.1) is 0 Å². The third kappa shape index (κ3) is 3.30. The highest BCUT2D eigenvalue weighted by Crippen LogP contribution is 2.27. The maximum absolute atomic E-state index is 9.56. The van der Waals surface area contributed by atoms with Gasteiger partial charge in [0.05, 0.1) is 6.61 Å². The third-order valence-electron chi connectivity index (χ3n) is 4.16. The van der Waals surface area contributed by atoms with Crippen LogP contribution in [-0.4, -0.2) is 48.8 Å². The molecule has 1 saturated heterocycles. The monoisotopic (exact) mass is 326 g/mol.